The van der Waals surface area contributed by atoms with Crippen molar-refractivity contribution in [3.05, 3.63) is 29.8 Å². The standard InChI is InChI=1S/C17H38NO5SSi.C7H8O3S/c1-7-21-25(22-8-2,23-9-3)16-10-14-24-15-11-17(19)20-13-12-18(4,5)6;1-6-2-4-7(5-3-6)11(8,9)10/h7-16H2,1-6H3;2-5H,1H3,(H,8,9,10)/q+1;/p-1. The first-order chi connectivity index (χ1) is 16.8. The monoisotopic (exact) mass is 567 g/mol. The van der Waals surface area contributed by atoms with Gasteiger partial charge < -0.3 is 27.1 Å². The summed E-state index contributed by atoms with van der Waals surface area (Å²) in [6.07, 6.45) is 1.43. The molecule has 0 saturated carbocycles. The molecule has 0 amide bonds. The van der Waals surface area contributed by atoms with E-state index in [-0.39, 0.29) is 10.9 Å². The van der Waals surface area contributed by atoms with Crippen LogP contribution in [0.15, 0.2) is 29.2 Å². The van der Waals surface area contributed by atoms with Crippen molar-refractivity contribution in [2.24, 2.45) is 0 Å². The zero-order valence-electron chi connectivity index (χ0n) is 22.9. The van der Waals surface area contributed by atoms with Gasteiger partial charge in [-0.15, -0.1) is 0 Å². The predicted octanol–water partition coefficient (Wildman–Crippen LogP) is 3.70. The van der Waals surface area contributed by atoms with E-state index in [0.717, 1.165) is 40.6 Å². The van der Waals surface area contributed by atoms with E-state index in [4.69, 9.17) is 18.0 Å². The molecule has 210 valence electrons. The highest BCUT2D eigenvalue weighted by molar-refractivity contribution is 7.99. The molecule has 0 atom stereocenters. The third kappa shape index (κ3) is 17.5. The lowest BCUT2D eigenvalue weighted by molar-refractivity contribution is -0.870. The largest absolute Gasteiger partial charge is 0.744 e. The number of benzene rings is 1. The number of hydrogen-bond donors (Lipinski definition) is 0. The van der Waals surface area contributed by atoms with Gasteiger partial charge in [0, 0.05) is 31.6 Å². The quantitative estimate of drug-likeness (QED) is 0.0914. The van der Waals surface area contributed by atoms with Crippen molar-refractivity contribution in [1.29, 1.82) is 0 Å². The summed E-state index contributed by atoms with van der Waals surface area (Å²) in [5.41, 5.74) is 0.928. The van der Waals surface area contributed by atoms with Gasteiger partial charge in [-0.3, -0.25) is 4.79 Å². The van der Waals surface area contributed by atoms with Gasteiger partial charge in [0.1, 0.15) is 23.3 Å². The summed E-state index contributed by atoms with van der Waals surface area (Å²) in [6.45, 7) is 10.9. The van der Waals surface area contributed by atoms with Gasteiger partial charge in [-0.2, -0.15) is 11.8 Å². The molecule has 36 heavy (non-hydrogen) atoms. The lowest BCUT2D eigenvalue weighted by atomic mass is 10.2. The number of ether oxygens (including phenoxy) is 1. The third-order valence-corrected chi connectivity index (χ3v) is 9.72. The van der Waals surface area contributed by atoms with Crippen LogP contribution in [0.25, 0.3) is 0 Å². The van der Waals surface area contributed by atoms with Gasteiger partial charge in [-0.05, 0) is 52.0 Å². The summed E-state index contributed by atoms with van der Waals surface area (Å²) in [4.78, 5) is 11.5. The van der Waals surface area contributed by atoms with Crippen LogP contribution in [0.2, 0.25) is 6.04 Å². The van der Waals surface area contributed by atoms with Crippen molar-refractivity contribution in [3.63, 3.8) is 0 Å². The van der Waals surface area contributed by atoms with Crippen LogP contribution in [0.3, 0.4) is 0 Å². The predicted molar refractivity (Wildman–Crippen MR) is 145 cm³/mol. The van der Waals surface area contributed by atoms with E-state index in [1.54, 1.807) is 23.9 Å². The highest BCUT2D eigenvalue weighted by Gasteiger charge is 2.39. The van der Waals surface area contributed by atoms with Crippen LogP contribution in [0.5, 0.6) is 0 Å². The molecule has 0 fully saturated rings. The van der Waals surface area contributed by atoms with Gasteiger partial charge in [-0.1, -0.05) is 17.7 Å². The number of thioether (sulfide) groups is 1. The Morgan fingerprint density at radius 2 is 1.50 bits per heavy atom. The molecule has 0 unspecified atom stereocenters. The highest BCUT2D eigenvalue weighted by atomic mass is 32.2. The Hall–Kier alpha value is -0.993. The zero-order chi connectivity index (χ0) is 27.7. The van der Waals surface area contributed by atoms with E-state index in [1.165, 1.54) is 12.1 Å². The summed E-state index contributed by atoms with van der Waals surface area (Å²) in [5.74, 6) is 1.65. The lowest BCUT2D eigenvalue weighted by Gasteiger charge is -2.28. The molecule has 0 bridgehead atoms. The maximum Gasteiger partial charge on any atom is 0.500 e. The molecule has 9 nitrogen and oxygen atoms in total. The minimum Gasteiger partial charge on any atom is -0.744 e. The molecule has 0 saturated heterocycles. The summed E-state index contributed by atoms with van der Waals surface area (Å²) < 4.78 is 54.7. The Kier molecular flexibility index (Phi) is 17.8. The number of quaternary nitrogens is 1. The number of aryl methyl sites for hydroxylation is 1. The van der Waals surface area contributed by atoms with Gasteiger partial charge in [0.25, 0.3) is 0 Å². The fourth-order valence-electron chi connectivity index (χ4n) is 2.86. The summed E-state index contributed by atoms with van der Waals surface area (Å²) >= 11 is 1.77. The fraction of sp³-hybridized carbons (Fsp3) is 0.708. The van der Waals surface area contributed by atoms with Crippen molar-refractivity contribution >= 4 is 36.7 Å². The minimum absolute atomic E-state index is 0.109. The van der Waals surface area contributed by atoms with Gasteiger partial charge in [0.15, 0.2) is 0 Å². The molecule has 0 aliphatic heterocycles. The molecule has 1 aromatic carbocycles. The molecule has 0 aliphatic carbocycles. The first-order valence-corrected chi connectivity index (χ1v) is 16.8. The molecule has 0 radical (unpaired) electrons. The maximum absolute atomic E-state index is 11.7. The van der Waals surface area contributed by atoms with Gasteiger partial charge in [0.2, 0.25) is 0 Å². The van der Waals surface area contributed by atoms with E-state index < -0.39 is 18.9 Å². The Balaban J connectivity index is 0.000000918. The first-order valence-electron chi connectivity index (χ1n) is 12.3. The Labute approximate surface area is 223 Å². The minimum atomic E-state index is -4.27. The van der Waals surface area contributed by atoms with Crippen molar-refractivity contribution in [3.8, 4) is 0 Å². The van der Waals surface area contributed by atoms with Crippen LogP contribution in [0, 0.1) is 6.92 Å². The zero-order valence-corrected chi connectivity index (χ0v) is 25.5. The van der Waals surface area contributed by atoms with Crippen LogP contribution in [-0.2, 0) is 32.9 Å². The SMILES string of the molecule is CCO[Si](CCCSCCC(=O)OCC[N+](C)(C)C)(OCC)OCC.Cc1ccc(S(=O)(=O)[O-])cc1. The van der Waals surface area contributed by atoms with Crippen molar-refractivity contribution in [2.45, 2.75) is 51.5 Å². The number of esters is 1. The van der Waals surface area contributed by atoms with Crippen LogP contribution in [0.4, 0.5) is 0 Å². The van der Waals surface area contributed by atoms with E-state index >= 15 is 0 Å². The number of carbonyl (C=O) groups is 1. The Morgan fingerprint density at radius 3 is 1.94 bits per heavy atom. The number of rotatable bonds is 17. The lowest BCUT2D eigenvalue weighted by Crippen LogP contribution is -2.46. The molecular formula is C24H45NO8S2Si. The highest BCUT2D eigenvalue weighted by Crippen LogP contribution is 2.20. The van der Waals surface area contributed by atoms with E-state index in [0.29, 0.717) is 32.8 Å². The topological polar surface area (TPSA) is 111 Å². The summed E-state index contributed by atoms with van der Waals surface area (Å²) in [6, 6.07) is 6.61. The average molecular weight is 568 g/mol. The number of hydrogen-bond acceptors (Lipinski definition) is 9. The van der Waals surface area contributed by atoms with E-state index in [2.05, 4.69) is 21.1 Å². The molecule has 0 N–H and O–H groups in total. The number of nitrogens with zero attached hydrogens (tertiary/aromatic N) is 1. The van der Waals surface area contributed by atoms with Crippen LogP contribution >= 0.6 is 11.8 Å². The van der Waals surface area contributed by atoms with Crippen molar-refractivity contribution < 1.29 is 40.3 Å². The second-order valence-corrected chi connectivity index (χ2v) is 14.3. The van der Waals surface area contributed by atoms with E-state index in [9.17, 15) is 17.8 Å². The summed E-state index contributed by atoms with van der Waals surface area (Å²) in [7, 11) is -0.540. The molecule has 1 aromatic rings. The molecule has 0 aromatic heterocycles. The first kappa shape index (κ1) is 35.0. The molecule has 12 heteroatoms. The van der Waals surface area contributed by atoms with Crippen molar-refractivity contribution in [2.75, 3.05) is 65.6 Å². The molecule has 0 heterocycles. The van der Waals surface area contributed by atoms with Gasteiger partial charge in [-0.25, -0.2) is 8.42 Å². The maximum atomic E-state index is 11.7. The molecule has 0 aliphatic rings. The smallest absolute Gasteiger partial charge is 0.500 e. The third-order valence-electron chi connectivity index (χ3n) is 4.65. The number of likely N-dealkylation sites (N-methyl/N-ethyl adjacent to an activating group) is 1. The average Bonchev–Trinajstić information content (AvgIpc) is 2.76. The van der Waals surface area contributed by atoms with Gasteiger partial charge >= 0.3 is 14.8 Å². The fourth-order valence-corrected chi connectivity index (χ4v) is 7.06. The molecule has 1 rings (SSSR count). The van der Waals surface area contributed by atoms with Gasteiger partial charge in [0.05, 0.1) is 32.5 Å². The van der Waals surface area contributed by atoms with Crippen LogP contribution in [0.1, 0.15) is 39.2 Å². The number of carbonyl (C=O) groups excluding carboxylic acids is 1. The second-order valence-electron chi connectivity index (χ2n) is 8.95. The summed E-state index contributed by atoms with van der Waals surface area (Å²) in [5, 5.41) is 0. The Morgan fingerprint density at radius 1 is 0.972 bits per heavy atom. The van der Waals surface area contributed by atoms with E-state index in [1.807, 2.05) is 27.7 Å². The normalized spacial score (nSPS) is 12.1. The van der Waals surface area contributed by atoms with Crippen molar-refractivity contribution in [1.82, 2.24) is 0 Å². The second kappa shape index (κ2) is 18.3. The molecule has 0 spiro atoms. The van der Waals surface area contributed by atoms with Crippen LogP contribution < -0.4 is 0 Å². The van der Waals surface area contributed by atoms with Crippen LogP contribution in [-0.4, -0.2) is 97.8 Å². The molecular weight excluding hydrogens is 522 g/mol. The Bertz CT molecular complexity index is 812.